The second-order valence-corrected chi connectivity index (χ2v) is 7.66. The molecule has 7 nitrogen and oxygen atoms in total. The van der Waals surface area contributed by atoms with E-state index in [1.54, 1.807) is 19.4 Å². The van der Waals surface area contributed by atoms with Gasteiger partial charge in [-0.1, -0.05) is 0 Å². The molecule has 1 fully saturated rings. The maximum atomic E-state index is 12.7. The fourth-order valence-electron chi connectivity index (χ4n) is 3.18. The first-order valence-electron chi connectivity index (χ1n) is 9.18. The molecular weight excluding hydrogens is 471 g/mol. The van der Waals surface area contributed by atoms with Crippen molar-refractivity contribution >= 4 is 39.9 Å². The lowest BCUT2D eigenvalue weighted by Gasteiger charge is -2.36. The topological polar surface area (TPSA) is 66.9 Å². The van der Waals surface area contributed by atoms with Crippen molar-refractivity contribution < 1.29 is 14.3 Å². The number of nitrogens with zero attached hydrogens (tertiary/aromatic N) is 3. The molecule has 0 aliphatic carbocycles. The summed E-state index contributed by atoms with van der Waals surface area (Å²) in [6.07, 6.45) is 1.63. The van der Waals surface area contributed by atoms with Crippen molar-refractivity contribution in [1.82, 2.24) is 9.88 Å². The standard InChI is InChI=1S/C20H25IN4O3/c1-27-14-13-24-9-11-25(12-10-24)16-5-3-15(4-6-16)23-19(26)18-17(21)7-8-22-20(18)28-2/h3-8H,9-14H2,1-2H3,(H,23,26). The molecule has 1 aromatic heterocycles. The Balaban J connectivity index is 1.60. The Bertz CT molecular complexity index is 793. The third-order valence-electron chi connectivity index (χ3n) is 4.76. The number of carbonyl (C=O) groups is 1. The molecule has 1 saturated heterocycles. The minimum Gasteiger partial charge on any atom is -0.480 e. The van der Waals surface area contributed by atoms with Gasteiger partial charge in [0.05, 0.1) is 13.7 Å². The van der Waals surface area contributed by atoms with E-state index in [1.807, 2.05) is 24.3 Å². The molecule has 1 aliphatic heterocycles. The molecule has 0 spiro atoms. The van der Waals surface area contributed by atoms with Gasteiger partial charge in [0.2, 0.25) is 5.88 Å². The summed E-state index contributed by atoms with van der Waals surface area (Å²) in [6, 6.07) is 9.74. The highest BCUT2D eigenvalue weighted by Gasteiger charge is 2.19. The van der Waals surface area contributed by atoms with Gasteiger partial charge in [-0.05, 0) is 52.9 Å². The van der Waals surface area contributed by atoms with E-state index >= 15 is 0 Å². The van der Waals surface area contributed by atoms with Gasteiger partial charge >= 0.3 is 0 Å². The van der Waals surface area contributed by atoms with E-state index in [9.17, 15) is 4.79 Å². The number of methoxy groups -OCH3 is 2. The van der Waals surface area contributed by atoms with Crippen LogP contribution in [-0.4, -0.2) is 69.3 Å². The molecule has 0 saturated carbocycles. The SMILES string of the molecule is COCCN1CCN(c2ccc(NC(=O)c3c(I)ccnc3OC)cc2)CC1. The summed E-state index contributed by atoms with van der Waals surface area (Å²) in [5.41, 5.74) is 2.36. The summed E-state index contributed by atoms with van der Waals surface area (Å²) in [6.45, 7) is 5.78. The zero-order valence-corrected chi connectivity index (χ0v) is 18.3. The molecule has 28 heavy (non-hydrogen) atoms. The first-order chi connectivity index (χ1) is 13.6. The van der Waals surface area contributed by atoms with Crippen LogP contribution in [0.5, 0.6) is 5.88 Å². The average molecular weight is 496 g/mol. The highest BCUT2D eigenvalue weighted by atomic mass is 127. The van der Waals surface area contributed by atoms with Crippen molar-refractivity contribution in [2.24, 2.45) is 0 Å². The summed E-state index contributed by atoms with van der Waals surface area (Å²) in [5, 5.41) is 2.93. The maximum Gasteiger partial charge on any atom is 0.262 e. The van der Waals surface area contributed by atoms with E-state index in [-0.39, 0.29) is 5.91 Å². The van der Waals surface area contributed by atoms with Gasteiger partial charge in [0, 0.05) is 61.0 Å². The summed E-state index contributed by atoms with van der Waals surface area (Å²) < 4.78 is 11.2. The van der Waals surface area contributed by atoms with Gasteiger partial charge in [-0.2, -0.15) is 0 Å². The predicted molar refractivity (Wildman–Crippen MR) is 118 cm³/mol. The first-order valence-corrected chi connectivity index (χ1v) is 10.3. The summed E-state index contributed by atoms with van der Waals surface area (Å²) in [7, 11) is 3.25. The van der Waals surface area contributed by atoms with E-state index < -0.39 is 0 Å². The van der Waals surface area contributed by atoms with Crippen molar-refractivity contribution in [3.8, 4) is 5.88 Å². The molecular formula is C20H25IN4O3. The number of halogens is 1. The van der Waals surface area contributed by atoms with E-state index in [0.29, 0.717) is 11.4 Å². The smallest absolute Gasteiger partial charge is 0.262 e. The molecule has 0 bridgehead atoms. The van der Waals surface area contributed by atoms with Crippen molar-refractivity contribution in [3.05, 3.63) is 45.7 Å². The molecule has 3 rings (SSSR count). The molecule has 1 aromatic carbocycles. The zero-order chi connectivity index (χ0) is 19.9. The van der Waals surface area contributed by atoms with Crippen LogP contribution in [0.15, 0.2) is 36.5 Å². The van der Waals surface area contributed by atoms with Gasteiger partial charge in [-0.15, -0.1) is 0 Å². The van der Waals surface area contributed by atoms with Crippen LogP contribution < -0.4 is 15.0 Å². The van der Waals surface area contributed by atoms with Crippen molar-refractivity contribution in [1.29, 1.82) is 0 Å². The van der Waals surface area contributed by atoms with Crippen LogP contribution in [0.25, 0.3) is 0 Å². The fraction of sp³-hybridized carbons (Fsp3) is 0.400. The van der Waals surface area contributed by atoms with Crippen LogP contribution in [0.3, 0.4) is 0 Å². The van der Waals surface area contributed by atoms with Gasteiger partial charge in [0.25, 0.3) is 5.91 Å². The highest BCUT2D eigenvalue weighted by Crippen LogP contribution is 2.24. The van der Waals surface area contributed by atoms with Crippen LogP contribution in [0.1, 0.15) is 10.4 Å². The van der Waals surface area contributed by atoms with E-state index in [0.717, 1.165) is 54.3 Å². The summed E-state index contributed by atoms with van der Waals surface area (Å²) in [5.74, 6) is 0.0984. The van der Waals surface area contributed by atoms with Gasteiger partial charge in [-0.3, -0.25) is 9.69 Å². The third-order valence-corrected chi connectivity index (χ3v) is 5.66. The molecule has 1 N–H and O–H groups in total. The van der Waals surface area contributed by atoms with Crippen LogP contribution in [0.4, 0.5) is 11.4 Å². The normalized spacial score (nSPS) is 14.8. The lowest BCUT2D eigenvalue weighted by Crippen LogP contribution is -2.47. The number of aromatic nitrogens is 1. The first kappa shape index (κ1) is 20.8. The molecule has 2 heterocycles. The van der Waals surface area contributed by atoms with E-state index in [4.69, 9.17) is 9.47 Å². The Kier molecular flexibility index (Phi) is 7.46. The fourth-order valence-corrected chi connectivity index (χ4v) is 3.82. The highest BCUT2D eigenvalue weighted by molar-refractivity contribution is 14.1. The number of amides is 1. The number of hydrogen-bond donors (Lipinski definition) is 1. The molecule has 0 radical (unpaired) electrons. The summed E-state index contributed by atoms with van der Waals surface area (Å²) >= 11 is 2.11. The Morgan fingerprint density at radius 2 is 1.86 bits per heavy atom. The van der Waals surface area contributed by atoms with E-state index in [2.05, 4.69) is 42.7 Å². The van der Waals surface area contributed by atoms with Crippen molar-refractivity contribution in [3.63, 3.8) is 0 Å². The number of benzene rings is 1. The van der Waals surface area contributed by atoms with Crippen molar-refractivity contribution in [2.45, 2.75) is 0 Å². The van der Waals surface area contributed by atoms with Crippen LogP contribution in [-0.2, 0) is 4.74 Å². The third kappa shape index (κ3) is 5.12. The van der Waals surface area contributed by atoms with Crippen LogP contribution >= 0.6 is 22.6 Å². The van der Waals surface area contributed by atoms with Crippen LogP contribution in [0, 0.1) is 3.57 Å². The Hall–Kier alpha value is -1.91. The molecule has 150 valence electrons. The second-order valence-electron chi connectivity index (χ2n) is 6.50. The number of carbonyl (C=O) groups excluding carboxylic acids is 1. The largest absolute Gasteiger partial charge is 0.480 e. The lowest BCUT2D eigenvalue weighted by molar-refractivity contribution is 0.102. The zero-order valence-electron chi connectivity index (χ0n) is 16.2. The number of ether oxygens (including phenoxy) is 2. The Morgan fingerprint density at radius 1 is 1.14 bits per heavy atom. The Morgan fingerprint density at radius 3 is 2.50 bits per heavy atom. The second kappa shape index (κ2) is 10.0. The Labute approximate surface area is 179 Å². The number of pyridine rings is 1. The molecule has 1 aliphatic rings. The number of hydrogen-bond acceptors (Lipinski definition) is 6. The quantitative estimate of drug-likeness (QED) is 0.595. The minimum atomic E-state index is -0.228. The average Bonchev–Trinajstić information content (AvgIpc) is 2.73. The van der Waals surface area contributed by atoms with Gasteiger partial charge in [0.15, 0.2) is 0 Å². The van der Waals surface area contributed by atoms with E-state index in [1.165, 1.54) is 7.11 Å². The molecule has 2 aromatic rings. The lowest BCUT2D eigenvalue weighted by atomic mass is 10.2. The number of rotatable bonds is 7. The van der Waals surface area contributed by atoms with Crippen LogP contribution in [0.2, 0.25) is 0 Å². The molecule has 8 heteroatoms. The summed E-state index contributed by atoms with van der Waals surface area (Å²) in [4.78, 5) is 21.6. The minimum absolute atomic E-state index is 0.228. The maximum absolute atomic E-state index is 12.7. The van der Waals surface area contributed by atoms with Gasteiger partial charge < -0.3 is 19.7 Å². The molecule has 0 atom stereocenters. The number of nitrogens with one attached hydrogen (secondary N) is 1. The molecule has 1 amide bonds. The number of piperazine rings is 1. The molecule has 0 unspecified atom stereocenters. The van der Waals surface area contributed by atoms with Gasteiger partial charge in [-0.25, -0.2) is 4.98 Å². The van der Waals surface area contributed by atoms with Gasteiger partial charge in [0.1, 0.15) is 5.56 Å². The predicted octanol–water partition coefficient (Wildman–Crippen LogP) is 2.72. The monoisotopic (exact) mass is 496 g/mol. The van der Waals surface area contributed by atoms with Crippen molar-refractivity contribution in [2.75, 3.05) is 63.8 Å². The number of anilines is 2.